The molecule has 1 aliphatic carbocycles. The first kappa shape index (κ1) is 16.0. The van der Waals surface area contributed by atoms with E-state index >= 15 is 0 Å². The van der Waals surface area contributed by atoms with Crippen LogP contribution in [0, 0.1) is 0 Å². The van der Waals surface area contributed by atoms with Crippen molar-refractivity contribution in [3.05, 3.63) is 0 Å². The molecule has 0 saturated heterocycles. The third-order valence-electron chi connectivity index (χ3n) is 4.60. The lowest BCUT2D eigenvalue weighted by molar-refractivity contribution is -0.0152. The summed E-state index contributed by atoms with van der Waals surface area (Å²) in [6, 6.07) is 1.25. The van der Waals surface area contributed by atoms with Crippen molar-refractivity contribution in [2.75, 3.05) is 0 Å². The van der Waals surface area contributed by atoms with Crippen molar-refractivity contribution in [1.82, 2.24) is 4.90 Å². The van der Waals surface area contributed by atoms with Crippen LogP contribution in [-0.2, 0) is 0 Å². The fourth-order valence-corrected chi connectivity index (χ4v) is 3.85. The summed E-state index contributed by atoms with van der Waals surface area (Å²) < 4.78 is 0. The highest BCUT2D eigenvalue weighted by molar-refractivity contribution is 4.92. The van der Waals surface area contributed by atoms with Crippen LogP contribution in [0.4, 0.5) is 0 Å². The van der Waals surface area contributed by atoms with Crippen LogP contribution in [0.2, 0.25) is 0 Å². The van der Waals surface area contributed by atoms with Gasteiger partial charge in [-0.3, -0.25) is 4.90 Å². The summed E-state index contributed by atoms with van der Waals surface area (Å²) in [4.78, 5) is 2.67. The van der Waals surface area contributed by atoms with Gasteiger partial charge in [0.15, 0.2) is 0 Å². The third kappa shape index (κ3) is 3.96. The fourth-order valence-electron chi connectivity index (χ4n) is 3.85. The second kappa shape index (κ2) is 7.49. The molecule has 0 spiro atoms. The molecule has 1 fully saturated rings. The lowest BCUT2D eigenvalue weighted by Crippen LogP contribution is -2.62. The molecule has 0 aromatic rings. The van der Waals surface area contributed by atoms with E-state index in [-0.39, 0.29) is 5.66 Å². The first-order valence-corrected chi connectivity index (χ1v) is 8.12. The molecule has 0 bridgehead atoms. The maximum atomic E-state index is 6.79. The Morgan fingerprint density at radius 1 is 0.944 bits per heavy atom. The first-order valence-electron chi connectivity index (χ1n) is 8.12. The zero-order valence-electron chi connectivity index (χ0n) is 13.0. The van der Waals surface area contributed by atoms with Crippen molar-refractivity contribution < 1.29 is 0 Å². The minimum Gasteiger partial charge on any atom is -0.313 e. The fraction of sp³-hybridized carbons (Fsp3) is 1.00. The van der Waals surface area contributed by atoms with E-state index < -0.39 is 0 Å². The predicted molar refractivity (Wildman–Crippen MR) is 80.6 cm³/mol. The second-order valence-corrected chi connectivity index (χ2v) is 6.35. The van der Waals surface area contributed by atoms with E-state index in [0.29, 0.717) is 12.1 Å². The van der Waals surface area contributed by atoms with Crippen LogP contribution in [0.15, 0.2) is 0 Å². The Bertz CT molecular complexity index is 209. The average molecular weight is 254 g/mol. The molecule has 2 atom stereocenters. The molecule has 0 heterocycles. The smallest absolute Gasteiger partial charge is 0.0691 e. The molecule has 1 aliphatic rings. The number of nitrogens with zero attached hydrogens (tertiary/aromatic N) is 1. The zero-order chi connectivity index (χ0) is 13.6. The predicted octanol–water partition coefficient (Wildman–Crippen LogP) is 4.28. The van der Waals surface area contributed by atoms with Crippen LogP contribution in [0.5, 0.6) is 0 Å². The molecule has 108 valence electrons. The van der Waals surface area contributed by atoms with Gasteiger partial charge in [-0.2, -0.15) is 0 Å². The molecule has 0 radical (unpaired) electrons. The highest BCUT2D eigenvalue weighted by atomic mass is 15.3. The van der Waals surface area contributed by atoms with Gasteiger partial charge in [-0.15, -0.1) is 0 Å². The van der Waals surface area contributed by atoms with E-state index in [1.54, 1.807) is 0 Å². The van der Waals surface area contributed by atoms with E-state index in [1.165, 1.54) is 57.8 Å². The molecule has 1 saturated carbocycles. The minimum atomic E-state index is -0.0264. The maximum absolute atomic E-state index is 6.79. The lowest BCUT2D eigenvalue weighted by atomic mass is 9.85. The molecule has 0 aliphatic heterocycles. The summed E-state index contributed by atoms with van der Waals surface area (Å²) in [5.74, 6) is 0. The second-order valence-electron chi connectivity index (χ2n) is 6.35. The summed E-state index contributed by atoms with van der Waals surface area (Å²) >= 11 is 0. The largest absolute Gasteiger partial charge is 0.313 e. The number of nitrogens with two attached hydrogens (primary N) is 1. The standard InChI is InChI=1S/C16H34N2/c1-5-10-14(3)18(15(4)11-6-2)16(17)12-8-7-9-13-16/h14-15H,5-13,17H2,1-4H3. The van der Waals surface area contributed by atoms with Crippen LogP contribution in [-0.4, -0.2) is 22.6 Å². The maximum Gasteiger partial charge on any atom is 0.0691 e. The Hall–Kier alpha value is -0.0800. The number of hydrogen-bond acceptors (Lipinski definition) is 2. The third-order valence-corrected chi connectivity index (χ3v) is 4.60. The molecular weight excluding hydrogens is 220 g/mol. The minimum absolute atomic E-state index is 0.0264. The van der Waals surface area contributed by atoms with Crippen LogP contribution < -0.4 is 5.73 Å². The van der Waals surface area contributed by atoms with Gasteiger partial charge in [0.2, 0.25) is 0 Å². The quantitative estimate of drug-likeness (QED) is 0.687. The normalized spacial score (nSPS) is 23.0. The van der Waals surface area contributed by atoms with Crippen molar-refractivity contribution in [3.63, 3.8) is 0 Å². The molecule has 2 unspecified atom stereocenters. The summed E-state index contributed by atoms with van der Waals surface area (Å²) in [5.41, 5.74) is 6.77. The van der Waals surface area contributed by atoms with Gasteiger partial charge in [0.05, 0.1) is 5.66 Å². The first-order chi connectivity index (χ1) is 8.55. The monoisotopic (exact) mass is 254 g/mol. The van der Waals surface area contributed by atoms with Gasteiger partial charge in [0.1, 0.15) is 0 Å². The number of rotatable bonds is 7. The van der Waals surface area contributed by atoms with Crippen molar-refractivity contribution in [2.24, 2.45) is 5.73 Å². The van der Waals surface area contributed by atoms with Gasteiger partial charge in [-0.25, -0.2) is 0 Å². The van der Waals surface area contributed by atoms with Gasteiger partial charge in [0, 0.05) is 12.1 Å². The lowest BCUT2D eigenvalue weighted by Gasteiger charge is -2.50. The summed E-state index contributed by atoms with van der Waals surface area (Å²) in [7, 11) is 0. The van der Waals surface area contributed by atoms with Crippen molar-refractivity contribution in [2.45, 2.75) is 103 Å². The van der Waals surface area contributed by atoms with E-state index in [4.69, 9.17) is 5.73 Å². The van der Waals surface area contributed by atoms with Crippen LogP contribution in [0.3, 0.4) is 0 Å². The number of hydrogen-bond donors (Lipinski definition) is 1. The molecule has 2 heteroatoms. The van der Waals surface area contributed by atoms with Crippen molar-refractivity contribution >= 4 is 0 Å². The van der Waals surface area contributed by atoms with Gasteiger partial charge < -0.3 is 5.73 Å². The van der Waals surface area contributed by atoms with Crippen molar-refractivity contribution in [1.29, 1.82) is 0 Å². The Balaban J connectivity index is 2.80. The van der Waals surface area contributed by atoms with Gasteiger partial charge in [0.25, 0.3) is 0 Å². The van der Waals surface area contributed by atoms with E-state index in [1.807, 2.05) is 0 Å². The Labute approximate surface area is 114 Å². The topological polar surface area (TPSA) is 29.3 Å². The average Bonchev–Trinajstić information content (AvgIpc) is 2.30. The van der Waals surface area contributed by atoms with Crippen LogP contribution in [0.1, 0.15) is 85.5 Å². The van der Waals surface area contributed by atoms with Gasteiger partial charge in [-0.05, 0) is 39.5 Å². The van der Waals surface area contributed by atoms with Crippen LogP contribution in [0.25, 0.3) is 0 Å². The summed E-state index contributed by atoms with van der Waals surface area (Å²) in [6.45, 7) is 9.31. The van der Waals surface area contributed by atoms with Crippen molar-refractivity contribution in [3.8, 4) is 0 Å². The van der Waals surface area contributed by atoms with Crippen LogP contribution >= 0.6 is 0 Å². The SMILES string of the molecule is CCCC(C)N(C(C)CCC)C1(N)CCCCC1. The van der Waals surface area contributed by atoms with Gasteiger partial charge in [-0.1, -0.05) is 46.0 Å². The van der Waals surface area contributed by atoms with E-state index in [2.05, 4.69) is 32.6 Å². The zero-order valence-corrected chi connectivity index (χ0v) is 13.0. The molecule has 18 heavy (non-hydrogen) atoms. The Kier molecular flexibility index (Phi) is 6.65. The van der Waals surface area contributed by atoms with Gasteiger partial charge >= 0.3 is 0 Å². The molecule has 2 nitrogen and oxygen atoms in total. The molecule has 0 aromatic heterocycles. The molecule has 2 N–H and O–H groups in total. The van der Waals surface area contributed by atoms with E-state index in [9.17, 15) is 0 Å². The Morgan fingerprint density at radius 2 is 1.39 bits per heavy atom. The molecular formula is C16H34N2. The molecule has 0 amide bonds. The Morgan fingerprint density at radius 3 is 1.78 bits per heavy atom. The molecule has 0 aromatic carbocycles. The summed E-state index contributed by atoms with van der Waals surface area (Å²) in [6.07, 6.45) is 11.4. The highest BCUT2D eigenvalue weighted by Gasteiger charge is 2.38. The van der Waals surface area contributed by atoms with E-state index in [0.717, 1.165) is 0 Å². The summed E-state index contributed by atoms with van der Waals surface area (Å²) in [5, 5.41) is 0. The highest BCUT2D eigenvalue weighted by Crippen LogP contribution is 2.34. The molecule has 1 rings (SSSR count).